The summed E-state index contributed by atoms with van der Waals surface area (Å²) in [5.41, 5.74) is 2.44. The van der Waals surface area contributed by atoms with Crippen LogP contribution in [0.4, 0.5) is 0 Å². The van der Waals surface area contributed by atoms with Crippen LogP contribution in [0, 0.1) is 0 Å². The lowest BCUT2D eigenvalue weighted by Gasteiger charge is -2.17. The Morgan fingerprint density at radius 3 is 2.78 bits per heavy atom. The largest absolute Gasteiger partial charge is 0.380 e. The highest BCUT2D eigenvalue weighted by Crippen LogP contribution is 2.27. The van der Waals surface area contributed by atoms with E-state index < -0.39 is 0 Å². The molecule has 2 N–H and O–H groups in total. The van der Waals surface area contributed by atoms with E-state index in [0.29, 0.717) is 12.6 Å². The Labute approximate surface area is 161 Å². The molecule has 1 aromatic carbocycles. The van der Waals surface area contributed by atoms with E-state index in [1.54, 1.807) is 7.11 Å². The number of aliphatic imine (C=N–C) groups is 1. The Morgan fingerprint density at radius 2 is 2.13 bits per heavy atom. The second-order valence-electron chi connectivity index (χ2n) is 5.69. The van der Waals surface area contributed by atoms with Crippen molar-refractivity contribution >= 4 is 41.7 Å². The van der Waals surface area contributed by atoms with Gasteiger partial charge in [-0.15, -0.1) is 24.0 Å². The van der Waals surface area contributed by atoms with Crippen molar-refractivity contribution in [3.05, 3.63) is 35.4 Å². The molecule has 4 nitrogen and oxygen atoms in total. The number of thioether (sulfide) groups is 1. The zero-order chi connectivity index (χ0) is 15.8. The molecule has 0 aliphatic heterocycles. The maximum Gasteiger partial charge on any atom is 0.191 e. The predicted octanol–water partition coefficient (Wildman–Crippen LogP) is 3.40. The third-order valence-corrected chi connectivity index (χ3v) is 5.14. The van der Waals surface area contributed by atoms with Gasteiger partial charge in [0.25, 0.3) is 0 Å². The van der Waals surface area contributed by atoms with Gasteiger partial charge in [0.05, 0.1) is 6.61 Å². The Kier molecular flexibility index (Phi) is 9.97. The monoisotopic (exact) mass is 449 g/mol. The maximum atomic E-state index is 5.18. The first-order valence-corrected chi connectivity index (χ1v) is 9.10. The van der Waals surface area contributed by atoms with Crippen LogP contribution in [-0.2, 0) is 17.9 Å². The molecule has 1 aromatic rings. The van der Waals surface area contributed by atoms with Crippen molar-refractivity contribution in [3.8, 4) is 0 Å². The Balaban J connectivity index is 0.00000264. The van der Waals surface area contributed by atoms with Crippen molar-refractivity contribution < 1.29 is 4.74 Å². The van der Waals surface area contributed by atoms with Gasteiger partial charge in [-0.3, -0.25) is 4.99 Å². The van der Waals surface area contributed by atoms with Crippen molar-refractivity contribution in [3.63, 3.8) is 0 Å². The topological polar surface area (TPSA) is 45.7 Å². The van der Waals surface area contributed by atoms with E-state index in [-0.39, 0.29) is 24.0 Å². The number of hydrogen-bond donors (Lipinski definition) is 2. The van der Waals surface area contributed by atoms with Gasteiger partial charge in [-0.25, -0.2) is 0 Å². The zero-order valence-electron chi connectivity index (χ0n) is 14.2. The van der Waals surface area contributed by atoms with Crippen molar-refractivity contribution in [1.29, 1.82) is 0 Å². The molecule has 1 saturated carbocycles. The summed E-state index contributed by atoms with van der Waals surface area (Å²) in [7, 11) is 3.55. The number of methoxy groups -OCH3 is 1. The van der Waals surface area contributed by atoms with Crippen LogP contribution in [0.15, 0.2) is 29.3 Å². The van der Waals surface area contributed by atoms with E-state index in [2.05, 4.69) is 46.1 Å². The molecule has 1 fully saturated rings. The second kappa shape index (κ2) is 11.1. The first kappa shape index (κ1) is 20.6. The first-order valence-electron chi connectivity index (χ1n) is 7.82. The standard InChI is InChI=1S/C17H27N3OS.HI/c1-18-17(20-15-7-8-16(10-15)22-3)19-11-13-5-4-6-14(9-13)12-21-2;/h4-6,9,15-16H,7-8,10-12H2,1-3H3,(H2,18,19,20);1H. The minimum Gasteiger partial charge on any atom is -0.380 e. The van der Waals surface area contributed by atoms with E-state index in [0.717, 1.165) is 17.8 Å². The number of hydrogen-bond acceptors (Lipinski definition) is 3. The van der Waals surface area contributed by atoms with E-state index in [4.69, 9.17) is 4.74 Å². The number of ether oxygens (including phenoxy) is 1. The molecular formula is C17H28IN3OS. The highest BCUT2D eigenvalue weighted by molar-refractivity contribution is 14.0. The van der Waals surface area contributed by atoms with Gasteiger partial charge in [0.15, 0.2) is 5.96 Å². The van der Waals surface area contributed by atoms with Crippen LogP contribution >= 0.6 is 35.7 Å². The molecule has 2 unspecified atom stereocenters. The Morgan fingerprint density at radius 1 is 1.35 bits per heavy atom. The fourth-order valence-electron chi connectivity index (χ4n) is 2.86. The van der Waals surface area contributed by atoms with Crippen LogP contribution in [-0.4, -0.2) is 37.7 Å². The average Bonchev–Trinajstić information content (AvgIpc) is 3.00. The first-order chi connectivity index (χ1) is 10.7. The van der Waals surface area contributed by atoms with Gasteiger partial charge < -0.3 is 15.4 Å². The molecule has 0 bridgehead atoms. The Bertz CT molecular complexity index is 498. The van der Waals surface area contributed by atoms with E-state index in [1.165, 1.54) is 30.4 Å². The molecule has 1 aliphatic rings. The summed E-state index contributed by atoms with van der Waals surface area (Å²) in [6.07, 6.45) is 5.96. The van der Waals surface area contributed by atoms with Gasteiger partial charge in [-0.1, -0.05) is 24.3 Å². The van der Waals surface area contributed by atoms with Crippen LogP contribution in [0.1, 0.15) is 30.4 Å². The molecule has 1 aliphatic carbocycles. The quantitative estimate of drug-likeness (QED) is 0.397. The highest BCUT2D eigenvalue weighted by Gasteiger charge is 2.24. The van der Waals surface area contributed by atoms with Crippen LogP contribution in [0.5, 0.6) is 0 Å². The fourth-order valence-corrected chi connectivity index (χ4v) is 3.65. The molecule has 2 rings (SSSR count). The Hall–Kier alpha value is -0.470. The molecule has 130 valence electrons. The molecule has 0 spiro atoms. The normalized spacial score (nSPS) is 20.9. The van der Waals surface area contributed by atoms with Crippen LogP contribution in [0.3, 0.4) is 0 Å². The van der Waals surface area contributed by atoms with Gasteiger partial charge in [-0.05, 0) is 36.6 Å². The number of benzene rings is 1. The third kappa shape index (κ3) is 6.89. The molecular weight excluding hydrogens is 421 g/mol. The molecule has 2 atom stereocenters. The SMILES string of the molecule is CN=C(NCc1cccc(COC)c1)NC1CCC(SC)C1.I. The molecule has 0 heterocycles. The van der Waals surface area contributed by atoms with Crippen molar-refractivity contribution in [1.82, 2.24) is 10.6 Å². The zero-order valence-corrected chi connectivity index (χ0v) is 17.3. The van der Waals surface area contributed by atoms with Gasteiger partial charge >= 0.3 is 0 Å². The van der Waals surface area contributed by atoms with E-state index in [9.17, 15) is 0 Å². The number of guanidine groups is 1. The van der Waals surface area contributed by atoms with Crippen LogP contribution in [0.2, 0.25) is 0 Å². The van der Waals surface area contributed by atoms with Gasteiger partial charge in [-0.2, -0.15) is 11.8 Å². The lowest BCUT2D eigenvalue weighted by molar-refractivity contribution is 0.185. The van der Waals surface area contributed by atoms with Gasteiger partial charge in [0, 0.05) is 32.0 Å². The van der Waals surface area contributed by atoms with Gasteiger partial charge in [0.2, 0.25) is 0 Å². The van der Waals surface area contributed by atoms with E-state index >= 15 is 0 Å². The average molecular weight is 449 g/mol. The second-order valence-corrected chi connectivity index (χ2v) is 6.83. The number of halogens is 1. The highest BCUT2D eigenvalue weighted by atomic mass is 127. The molecule has 0 saturated heterocycles. The summed E-state index contributed by atoms with van der Waals surface area (Å²) in [6.45, 7) is 1.43. The molecule has 6 heteroatoms. The van der Waals surface area contributed by atoms with Crippen molar-refractivity contribution in [2.75, 3.05) is 20.4 Å². The number of nitrogens with one attached hydrogen (secondary N) is 2. The number of nitrogens with zero attached hydrogens (tertiary/aromatic N) is 1. The molecule has 0 radical (unpaired) electrons. The molecule has 0 aromatic heterocycles. The number of rotatable bonds is 6. The summed E-state index contributed by atoms with van der Waals surface area (Å²) < 4.78 is 5.18. The third-order valence-electron chi connectivity index (χ3n) is 4.04. The maximum absolute atomic E-state index is 5.18. The van der Waals surface area contributed by atoms with Crippen molar-refractivity contribution in [2.24, 2.45) is 4.99 Å². The predicted molar refractivity (Wildman–Crippen MR) is 111 cm³/mol. The fraction of sp³-hybridized carbons (Fsp3) is 0.588. The summed E-state index contributed by atoms with van der Waals surface area (Å²) in [4.78, 5) is 4.34. The molecule has 23 heavy (non-hydrogen) atoms. The smallest absolute Gasteiger partial charge is 0.191 e. The summed E-state index contributed by atoms with van der Waals surface area (Å²) in [6, 6.07) is 8.99. The van der Waals surface area contributed by atoms with Crippen LogP contribution < -0.4 is 10.6 Å². The van der Waals surface area contributed by atoms with E-state index in [1.807, 2.05) is 18.8 Å². The lowest BCUT2D eigenvalue weighted by atomic mass is 10.1. The molecule has 0 amide bonds. The lowest BCUT2D eigenvalue weighted by Crippen LogP contribution is -2.42. The van der Waals surface area contributed by atoms with Crippen molar-refractivity contribution in [2.45, 2.75) is 43.7 Å². The summed E-state index contributed by atoms with van der Waals surface area (Å²) in [5.74, 6) is 0.892. The summed E-state index contributed by atoms with van der Waals surface area (Å²) in [5, 5.41) is 7.74. The minimum atomic E-state index is 0. The summed E-state index contributed by atoms with van der Waals surface area (Å²) >= 11 is 1.98. The van der Waals surface area contributed by atoms with Gasteiger partial charge in [0.1, 0.15) is 0 Å². The minimum absolute atomic E-state index is 0. The van der Waals surface area contributed by atoms with Crippen LogP contribution in [0.25, 0.3) is 0 Å².